The van der Waals surface area contributed by atoms with Crippen LogP contribution in [0.5, 0.6) is 11.5 Å². The highest BCUT2D eigenvalue weighted by atomic mass is 16.7. The molecule has 0 amide bonds. The van der Waals surface area contributed by atoms with Gasteiger partial charge in [0.1, 0.15) is 5.60 Å². The number of allylic oxidation sites excluding steroid dienone is 4. The number of nitrogens with one attached hydrogen (secondary N) is 1. The highest BCUT2D eigenvalue weighted by Gasteiger charge is 2.62. The highest BCUT2D eigenvalue weighted by Crippen LogP contribution is 2.66. The van der Waals surface area contributed by atoms with Gasteiger partial charge in [0, 0.05) is 29.5 Å². The molecule has 0 aromatic heterocycles. The number of fused-ring (bicyclic) bond motifs is 5. The van der Waals surface area contributed by atoms with Crippen LogP contribution in [0.25, 0.3) is 0 Å². The van der Waals surface area contributed by atoms with Gasteiger partial charge in [-0.15, -0.1) is 0 Å². The van der Waals surface area contributed by atoms with Gasteiger partial charge < -0.3 is 19.9 Å². The van der Waals surface area contributed by atoms with Crippen molar-refractivity contribution in [2.75, 3.05) is 12.1 Å². The fraction of sp³-hybridized carbons (Fsp3) is 0.424. The summed E-state index contributed by atoms with van der Waals surface area (Å²) in [7, 11) is 0. The average Bonchev–Trinajstić information content (AvgIpc) is 3.50. The molecule has 2 fully saturated rings. The molecule has 194 valence electrons. The molecule has 0 bridgehead atoms. The first-order valence-electron chi connectivity index (χ1n) is 13.9. The molecule has 2 saturated carbocycles. The van der Waals surface area contributed by atoms with Crippen molar-refractivity contribution in [3.05, 3.63) is 76.9 Å². The Kier molecular flexibility index (Phi) is 5.46. The number of benzene rings is 2. The van der Waals surface area contributed by atoms with Gasteiger partial charge in [0.05, 0.1) is 0 Å². The second-order valence-corrected chi connectivity index (χ2v) is 11.7. The van der Waals surface area contributed by atoms with Crippen LogP contribution in [0.2, 0.25) is 0 Å². The van der Waals surface area contributed by atoms with Crippen LogP contribution in [0.3, 0.4) is 0 Å². The number of ether oxygens (including phenoxy) is 2. The summed E-state index contributed by atoms with van der Waals surface area (Å²) in [6.07, 6.45) is 7.71. The van der Waals surface area contributed by atoms with E-state index in [0.29, 0.717) is 24.7 Å². The molecular weight excluding hydrogens is 474 g/mol. The van der Waals surface area contributed by atoms with Gasteiger partial charge in [-0.1, -0.05) is 36.8 Å². The van der Waals surface area contributed by atoms with Crippen molar-refractivity contribution in [1.82, 2.24) is 0 Å². The summed E-state index contributed by atoms with van der Waals surface area (Å²) in [5, 5.41) is 15.3. The first-order chi connectivity index (χ1) is 18.5. The second-order valence-electron chi connectivity index (χ2n) is 11.7. The van der Waals surface area contributed by atoms with Crippen LogP contribution in [0.4, 0.5) is 5.69 Å². The standard InChI is InChI=1S/C33H33NO4/c1-32-19-27(22-8-12-29-30(18-22)38-20-37-29)31-25-11-9-24(35)17-21(25)7-10-26(31)28(32)13-14-33(32,36)15-16-34-23-5-3-2-4-6-23/h2-6,8,12,17-18,26-28,34,36H,7,9-11,13-14,19-20H2,1H3/t26-,27+,28-,32-,33+/m0/s1. The van der Waals surface area contributed by atoms with Crippen LogP contribution in [-0.4, -0.2) is 23.3 Å². The van der Waals surface area contributed by atoms with Crippen LogP contribution >= 0.6 is 0 Å². The summed E-state index contributed by atoms with van der Waals surface area (Å²) in [4.78, 5) is 12.3. The van der Waals surface area contributed by atoms with Crippen molar-refractivity contribution >= 4 is 11.5 Å². The van der Waals surface area contributed by atoms with Crippen LogP contribution in [-0.2, 0) is 4.79 Å². The van der Waals surface area contributed by atoms with Crippen molar-refractivity contribution < 1.29 is 19.4 Å². The lowest BCUT2D eigenvalue weighted by molar-refractivity contribution is -0.114. The normalized spacial score (nSPS) is 32.9. The number of hydrogen-bond donors (Lipinski definition) is 2. The Morgan fingerprint density at radius 1 is 1.03 bits per heavy atom. The van der Waals surface area contributed by atoms with Crippen LogP contribution in [0.1, 0.15) is 63.4 Å². The summed E-state index contributed by atoms with van der Waals surface area (Å²) in [6.45, 7) is 2.51. The average molecular weight is 508 g/mol. The number of rotatable bonds is 2. The van der Waals surface area contributed by atoms with E-state index in [2.05, 4.69) is 36.3 Å². The smallest absolute Gasteiger partial charge is 0.231 e. The lowest BCUT2D eigenvalue weighted by Crippen LogP contribution is -2.51. The molecule has 2 aromatic carbocycles. The fourth-order valence-electron chi connectivity index (χ4n) is 8.03. The van der Waals surface area contributed by atoms with Gasteiger partial charge in [0.2, 0.25) is 6.79 Å². The zero-order valence-electron chi connectivity index (χ0n) is 21.8. The molecule has 0 saturated heterocycles. The first-order valence-corrected chi connectivity index (χ1v) is 13.9. The number of ketones is 1. The molecule has 4 aliphatic carbocycles. The third kappa shape index (κ3) is 3.61. The first kappa shape index (κ1) is 23.6. The number of carbonyl (C=O) groups is 1. The van der Waals surface area contributed by atoms with Gasteiger partial charge in [-0.05, 0) is 103 Å². The predicted octanol–water partition coefficient (Wildman–Crippen LogP) is 6.12. The maximum Gasteiger partial charge on any atom is 0.231 e. The predicted molar refractivity (Wildman–Crippen MR) is 146 cm³/mol. The molecule has 5 aliphatic rings. The summed E-state index contributed by atoms with van der Waals surface area (Å²) in [5.74, 6) is 5.98. The molecule has 5 heteroatoms. The lowest BCUT2D eigenvalue weighted by atomic mass is 9.51. The zero-order valence-corrected chi connectivity index (χ0v) is 21.8. The highest BCUT2D eigenvalue weighted by molar-refractivity contribution is 5.93. The van der Waals surface area contributed by atoms with Gasteiger partial charge in [0.25, 0.3) is 0 Å². The van der Waals surface area contributed by atoms with Gasteiger partial charge in [-0.25, -0.2) is 0 Å². The van der Waals surface area contributed by atoms with E-state index < -0.39 is 5.60 Å². The molecule has 38 heavy (non-hydrogen) atoms. The Balaban J connectivity index is 1.31. The van der Waals surface area contributed by atoms with Crippen molar-refractivity contribution in [3.8, 4) is 23.5 Å². The summed E-state index contributed by atoms with van der Waals surface area (Å²) < 4.78 is 11.4. The molecule has 1 aliphatic heterocycles. The van der Waals surface area contributed by atoms with E-state index in [-0.39, 0.29) is 23.9 Å². The third-order valence-electron chi connectivity index (χ3n) is 9.94. The quantitative estimate of drug-likeness (QED) is 0.379. The van der Waals surface area contributed by atoms with E-state index in [1.807, 2.05) is 42.5 Å². The minimum absolute atomic E-state index is 0.135. The van der Waals surface area contributed by atoms with Crippen molar-refractivity contribution in [2.24, 2.45) is 17.3 Å². The van der Waals surface area contributed by atoms with Crippen molar-refractivity contribution in [2.45, 2.75) is 63.4 Å². The Labute approximate surface area is 223 Å². The van der Waals surface area contributed by atoms with Gasteiger partial charge >= 0.3 is 0 Å². The van der Waals surface area contributed by atoms with Crippen LogP contribution < -0.4 is 14.8 Å². The van der Waals surface area contributed by atoms with Crippen LogP contribution in [0.15, 0.2) is 71.3 Å². The minimum atomic E-state index is -1.08. The number of hydrogen-bond acceptors (Lipinski definition) is 5. The zero-order chi connectivity index (χ0) is 25.9. The third-order valence-corrected chi connectivity index (χ3v) is 9.94. The SMILES string of the molecule is C[C@]12C[C@H](c3ccc4c(c3)OCO4)C3=C4CCC(=O)C=C4CC[C@H]3[C@@H]1CC[C@@]2(O)C#CNc1ccccc1. The van der Waals surface area contributed by atoms with E-state index in [4.69, 9.17) is 9.47 Å². The molecule has 0 spiro atoms. The van der Waals surface area contributed by atoms with E-state index in [9.17, 15) is 9.90 Å². The molecule has 5 nitrogen and oxygen atoms in total. The van der Waals surface area contributed by atoms with Gasteiger partial charge in [-0.3, -0.25) is 4.79 Å². The van der Waals surface area contributed by atoms with Crippen molar-refractivity contribution in [1.29, 1.82) is 0 Å². The Morgan fingerprint density at radius 3 is 2.74 bits per heavy atom. The Bertz CT molecular complexity index is 1430. The molecule has 0 unspecified atom stereocenters. The van der Waals surface area contributed by atoms with Crippen LogP contribution in [0, 0.1) is 29.2 Å². The second kappa shape index (κ2) is 8.78. The number of anilines is 1. The molecule has 2 N–H and O–H groups in total. The molecule has 5 atom stereocenters. The minimum Gasteiger partial charge on any atom is -0.454 e. The maximum atomic E-state index is 12.3. The fourth-order valence-corrected chi connectivity index (χ4v) is 8.03. The van der Waals surface area contributed by atoms with Gasteiger partial charge in [-0.2, -0.15) is 0 Å². The topological polar surface area (TPSA) is 67.8 Å². The summed E-state index contributed by atoms with van der Waals surface area (Å²) in [6, 6.07) is 19.3. The largest absolute Gasteiger partial charge is 0.454 e. The van der Waals surface area contributed by atoms with E-state index in [1.54, 1.807) is 0 Å². The molecular formula is C33H33NO4. The van der Waals surface area contributed by atoms with Gasteiger partial charge in [0.15, 0.2) is 17.3 Å². The Hall–Kier alpha value is -3.49. The number of carbonyl (C=O) groups excluding carboxylic acids is 1. The molecule has 0 radical (unpaired) electrons. The van der Waals surface area contributed by atoms with E-state index in [0.717, 1.165) is 49.3 Å². The van der Waals surface area contributed by atoms with Crippen molar-refractivity contribution in [3.63, 3.8) is 0 Å². The number of aliphatic hydroxyl groups is 1. The van der Waals surface area contributed by atoms with E-state index >= 15 is 0 Å². The summed E-state index contributed by atoms with van der Waals surface area (Å²) >= 11 is 0. The monoisotopic (exact) mass is 507 g/mol. The maximum absolute atomic E-state index is 12.3. The molecule has 7 rings (SSSR count). The molecule has 1 heterocycles. The Morgan fingerprint density at radius 2 is 1.87 bits per heavy atom. The number of para-hydroxylation sites is 1. The van der Waals surface area contributed by atoms with E-state index in [1.165, 1.54) is 22.3 Å². The lowest BCUT2D eigenvalue weighted by Gasteiger charge is -2.53. The summed E-state index contributed by atoms with van der Waals surface area (Å²) in [5.41, 5.74) is 4.82. The molecule has 2 aromatic rings.